The lowest BCUT2D eigenvalue weighted by Gasteiger charge is -2.40. The van der Waals surface area contributed by atoms with Crippen molar-refractivity contribution in [3.63, 3.8) is 0 Å². The van der Waals surface area contributed by atoms with E-state index in [0.717, 1.165) is 18.8 Å². The number of nitrogens with zero attached hydrogens (tertiary/aromatic N) is 1. The van der Waals surface area contributed by atoms with E-state index in [1.54, 1.807) is 7.11 Å². The molecular weight excluding hydrogens is 236 g/mol. The summed E-state index contributed by atoms with van der Waals surface area (Å²) in [5.41, 5.74) is 7.61. The zero-order chi connectivity index (χ0) is 13.7. The molecule has 0 aromatic heterocycles. The Labute approximate surface area is 116 Å². The molecule has 1 saturated carbocycles. The fourth-order valence-corrected chi connectivity index (χ4v) is 3.16. The summed E-state index contributed by atoms with van der Waals surface area (Å²) in [5, 5.41) is 0. The van der Waals surface area contributed by atoms with Crippen LogP contribution in [0.4, 0.5) is 5.69 Å². The third-order valence-electron chi connectivity index (χ3n) is 4.43. The molecular formula is C16H26N2O. The van der Waals surface area contributed by atoms with Crippen molar-refractivity contribution >= 4 is 5.69 Å². The highest BCUT2D eigenvalue weighted by molar-refractivity contribution is 5.48. The maximum atomic E-state index is 6.06. The van der Waals surface area contributed by atoms with Crippen LogP contribution in [0.5, 0.6) is 5.75 Å². The molecule has 0 aliphatic heterocycles. The van der Waals surface area contributed by atoms with Crippen LogP contribution in [-0.4, -0.2) is 27.2 Å². The van der Waals surface area contributed by atoms with Gasteiger partial charge in [-0.3, -0.25) is 0 Å². The molecule has 3 nitrogen and oxygen atoms in total. The highest BCUT2D eigenvalue weighted by Crippen LogP contribution is 2.36. The van der Waals surface area contributed by atoms with Crippen LogP contribution in [0.3, 0.4) is 0 Å². The number of nitrogens with two attached hydrogens (primary N) is 1. The first-order valence-corrected chi connectivity index (χ1v) is 7.24. The largest absolute Gasteiger partial charge is 0.497 e. The van der Waals surface area contributed by atoms with Crippen LogP contribution in [-0.2, 0) is 0 Å². The van der Waals surface area contributed by atoms with Crippen molar-refractivity contribution in [3.05, 3.63) is 24.3 Å². The van der Waals surface area contributed by atoms with Gasteiger partial charge in [-0.05, 0) is 43.7 Å². The van der Waals surface area contributed by atoms with Gasteiger partial charge in [-0.2, -0.15) is 0 Å². The third-order valence-corrected chi connectivity index (χ3v) is 4.43. The van der Waals surface area contributed by atoms with Crippen LogP contribution in [0.25, 0.3) is 0 Å². The van der Waals surface area contributed by atoms with E-state index in [-0.39, 0.29) is 0 Å². The van der Waals surface area contributed by atoms with Crippen molar-refractivity contribution in [2.75, 3.05) is 32.1 Å². The number of methoxy groups -OCH3 is 1. The summed E-state index contributed by atoms with van der Waals surface area (Å²) >= 11 is 0. The van der Waals surface area contributed by atoms with Gasteiger partial charge < -0.3 is 15.4 Å². The molecule has 19 heavy (non-hydrogen) atoms. The van der Waals surface area contributed by atoms with Gasteiger partial charge in [0.25, 0.3) is 0 Å². The summed E-state index contributed by atoms with van der Waals surface area (Å²) < 4.78 is 5.20. The van der Waals surface area contributed by atoms with E-state index in [2.05, 4.69) is 24.1 Å². The van der Waals surface area contributed by atoms with Crippen molar-refractivity contribution in [2.24, 2.45) is 11.1 Å². The summed E-state index contributed by atoms with van der Waals surface area (Å²) in [6, 6.07) is 8.27. The van der Waals surface area contributed by atoms with Crippen LogP contribution in [0.1, 0.15) is 32.1 Å². The summed E-state index contributed by atoms with van der Waals surface area (Å²) in [5.74, 6) is 0.906. The lowest BCUT2D eigenvalue weighted by atomic mass is 9.73. The van der Waals surface area contributed by atoms with Gasteiger partial charge >= 0.3 is 0 Å². The maximum Gasteiger partial charge on any atom is 0.119 e. The summed E-state index contributed by atoms with van der Waals surface area (Å²) in [6.07, 6.45) is 6.56. The zero-order valence-corrected chi connectivity index (χ0v) is 12.2. The first kappa shape index (κ1) is 14.2. The van der Waals surface area contributed by atoms with Crippen LogP contribution in [0.15, 0.2) is 24.3 Å². The molecule has 2 rings (SSSR count). The van der Waals surface area contributed by atoms with Crippen LogP contribution in [0, 0.1) is 5.41 Å². The smallest absolute Gasteiger partial charge is 0.119 e. The normalized spacial score (nSPS) is 18.1. The van der Waals surface area contributed by atoms with E-state index >= 15 is 0 Å². The summed E-state index contributed by atoms with van der Waals surface area (Å²) in [6.45, 7) is 1.85. The highest BCUT2D eigenvalue weighted by atomic mass is 16.5. The van der Waals surface area contributed by atoms with Gasteiger partial charge in [0.15, 0.2) is 0 Å². The van der Waals surface area contributed by atoms with Gasteiger partial charge in [-0.25, -0.2) is 0 Å². The second-order valence-electron chi connectivity index (χ2n) is 5.82. The van der Waals surface area contributed by atoms with E-state index in [9.17, 15) is 0 Å². The topological polar surface area (TPSA) is 38.5 Å². The van der Waals surface area contributed by atoms with E-state index in [0.29, 0.717) is 5.41 Å². The van der Waals surface area contributed by atoms with Crippen molar-refractivity contribution in [2.45, 2.75) is 32.1 Å². The lowest BCUT2D eigenvalue weighted by Crippen LogP contribution is -2.42. The van der Waals surface area contributed by atoms with E-state index in [4.69, 9.17) is 10.5 Å². The van der Waals surface area contributed by atoms with Gasteiger partial charge in [-0.15, -0.1) is 0 Å². The molecule has 0 unspecified atom stereocenters. The Kier molecular flexibility index (Phi) is 4.70. The molecule has 0 heterocycles. The second-order valence-corrected chi connectivity index (χ2v) is 5.82. The molecule has 0 saturated heterocycles. The molecule has 0 spiro atoms. The van der Waals surface area contributed by atoms with Gasteiger partial charge in [0, 0.05) is 24.7 Å². The Bertz CT molecular complexity index is 382. The van der Waals surface area contributed by atoms with Crippen molar-refractivity contribution in [1.82, 2.24) is 0 Å². The standard InChI is InChI=1S/C16H26N2O/c1-18(14-6-8-15(19-2)9-7-14)13-16(12-17)10-4-3-5-11-16/h6-9H,3-5,10-13,17H2,1-2H3. The number of anilines is 1. The Hall–Kier alpha value is -1.22. The van der Waals surface area contributed by atoms with Crippen LogP contribution in [0.2, 0.25) is 0 Å². The maximum absolute atomic E-state index is 6.06. The van der Waals surface area contributed by atoms with Crippen molar-refractivity contribution < 1.29 is 4.74 Å². The molecule has 0 radical (unpaired) electrons. The predicted octanol–water partition coefficient (Wildman–Crippen LogP) is 3.04. The van der Waals surface area contributed by atoms with Crippen LogP contribution >= 0.6 is 0 Å². The molecule has 1 aliphatic carbocycles. The Balaban J connectivity index is 2.03. The minimum Gasteiger partial charge on any atom is -0.497 e. The molecule has 1 aliphatic rings. The lowest BCUT2D eigenvalue weighted by molar-refractivity contribution is 0.206. The first-order valence-electron chi connectivity index (χ1n) is 7.24. The van der Waals surface area contributed by atoms with Gasteiger partial charge in [0.2, 0.25) is 0 Å². The highest BCUT2D eigenvalue weighted by Gasteiger charge is 2.31. The molecule has 0 amide bonds. The van der Waals surface area contributed by atoms with Gasteiger partial charge in [-0.1, -0.05) is 19.3 Å². The van der Waals surface area contributed by atoms with Crippen LogP contribution < -0.4 is 15.4 Å². The number of hydrogen-bond donors (Lipinski definition) is 1. The second kappa shape index (κ2) is 6.29. The molecule has 106 valence electrons. The molecule has 1 aromatic carbocycles. The minimum atomic E-state index is 0.312. The van der Waals surface area contributed by atoms with Gasteiger partial charge in [0.1, 0.15) is 5.75 Å². The molecule has 1 fully saturated rings. The summed E-state index contributed by atoms with van der Waals surface area (Å²) in [7, 11) is 3.86. The fourth-order valence-electron chi connectivity index (χ4n) is 3.16. The van der Waals surface area contributed by atoms with Gasteiger partial charge in [0.05, 0.1) is 7.11 Å². The quantitative estimate of drug-likeness (QED) is 0.886. The molecule has 1 aromatic rings. The van der Waals surface area contributed by atoms with Crippen molar-refractivity contribution in [1.29, 1.82) is 0 Å². The van der Waals surface area contributed by atoms with E-state index in [1.165, 1.54) is 37.8 Å². The number of hydrogen-bond acceptors (Lipinski definition) is 3. The van der Waals surface area contributed by atoms with E-state index in [1.807, 2.05) is 12.1 Å². The Morgan fingerprint density at radius 3 is 2.32 bits per heavy atom. The van der Waals surface area contributed by atoms with Crippen molar-refractivity contribution in [3.8, 4) is 5.75 Å². The monoisotopic (exact) mass is 262 g/mol. The SMILES string of the molecule is COc1ccc(N(C)CC2(CN)CCCCC2)cc1. The first-order chi connectivity index (χ1) is 9.19. The van der Waals surface area contributed by atoms with E-state index < -0.39 is 0 Å². The Morgan fingerprint density at radius 2 is 1.79 bits per heavy atom. The molecule has 0 bridgehead atoms. The molecule has 0 atom stereocenters. The third kappa shape index (κ3) is 3.41. The number of rotatable bonds is 5. The fraction of sp³-hybridized carbons (Fsp3) is 0.625. The Morgan fingerprint density at radius 1 is 1.16 bits per heavy atom. The number of ether oxygens (including phenoxy) is 1. The summed E-state index contributed by atoms with van der Waals surface area (Å²) in [4.78, 5) is 2.33. The molecule has 3 heteroatoms. The average molecular weight is 262 g/mol. The predicted molar refractivity (Wildman–Crippen MR) is 80.8 cm³/mol. The zero-order valence-electron chi connectivity index (χ0n) is 12.2. The molecule has 2 N–H and O–H groups in total. The average Bonchev–Trinajstić information content (AvgIpc) is 2.48. The minimum absolute atomic E-state index is 0.312. The number of benzene rings is 1.